The van der Waals surface area contributed by atoms with Crippen LogP contribution in [0, 0.1) is 0 Å². The fourth-order valence-electron chi connectivity index (χ4n) is 1.40. The number of rotatable bonds is 1. The van der Waals surface area contributed by atoms with Gasteiger partial charge in [-0.05, 0) is 13.8 Å². The summed E-state index contributed by atoms with van der Waals surface area (Å²) in [5.74, 6) is 5.68. The highest BCUT2D eigenvalue weighted by molar-refractivity contribution is 8.24. The predicted octanol–water partition coefficient (Wildman–Crippen LogP) is 0.329. The SMILES string of the molecule is CNC(=O)N(O)C1N(N)C(=S)SC1(C)C. The van der Waals surface area contributed by atoms with Crippen molar-refractivity contribution in [3.63, 3.8) is 0 Å². The Morgan fingerprint density at radius 1 is 1.80 bits per heavy atom. The lowest BCUT2D eigenvalue weighted by Crippen LogP contribution is -2.58. The van der Waals surface area contributed by atoms with Gasteiger partial charge in [-0.1, -0.05) is 24.0 Å². The molecule has 0 aromatic heterocycles. The Morgan fingerprint density at radius 2 is 2.33 bits per heavy atom. The summed E-state index contributed by atoms with van der Waals surface area (Å²) in [5.41, 5.74) is 0. The molecule has 4 N–H and O–H groups in total. The van der Waals surface area contributed by atoms with Crippen molar-refractivity contribution >= 4 is 34.3 Å². The first kappa shape index (κ1) is 12.5. The van der Waals surface area contributed by atoms with E-state index in [1.165, 1.54) is 23.8 Å². The van der Waals surface area contributed by atoms with Gasteiger partial charge in [0.1, 0.15) is 0 Å². The molecule has 0 saturated carbocycles. The van der Waals surface area contributed by atoms with Crippen LogP contribution in [0.15, 0.2) is 0 Å². The summed E-state index contributed by atoms with van der Waals surface area (Å²) in [6, 6.07) is -0.617. The summed E-state index contributed by atoms with van der Waals surface area (Å²) >= 11 is 6.35. The zero-order chi connectivity index (χ0) is 11.8. The van der Waals surface area contributed by atoms with Gasteiger partial charge in [0, 0.05) is 7.05 Å². The number of carbonyl (C=O) groups is 1. The maximum Gasteiger partial charge on any atom is 0.342 e. The minimum atomic E-state index is -0.671. The number of thiocarbonyl (C=S) groups is 1. The van der Waals surface area contributed by atoms with Crippen LogP contribution in [0.25, 0.3) is 0 Å². The third-order valence-corrected chi connectivity index (χ3v) is 3.68. The lowest BCUT2D eigenvalue weighted by Gasteiger charge is -2.34. The molecule has 0 radical (unpaired) electrons. The van der Waals surface area contributed by atoms with E-state index in [0.717, 1.165) is 0 Å². The molecule has 0 aliphatic carbocycles. The van der Waals surface area contributed by atoms with Crippen molar-refractivity contribution in [2.45, 2.75) is 24.8 Å². The molecule has 1 unspecified atom stereocenters. The summed E-state index contributed by atoms with van der Waals surface area (Å²) in [5, 5.41) is 13.8. The summed E-state index contributed by atoms with van der Waals surface area (Å²) in [4.78, 5) is 11.3. The lowest BCUT2D eigenvalue weighted by molar-refractivity contribution is -0.118. The van der Waals surface area contributed by atoms with Crippen LogP contribution in [0.4, 0.5) is 4.79 Å². The molecular weight excluding hydrogens is 236 g/mol. The molecule has 86 valence electrons. The van der Waals surface area contributed by atoms with E-state index in [9.17, 15) is 10.0 Å². The molecule has 0 spiro atoms. The zero-order valence-corrected chi connectivity index (χ0v) is 10.4. The standard InChI is InChI=1S/C7H14N4O2S2/c1-7(2)4(10(8)6(14)15-7)11(13)5(12)9-3/h4,13H,8H2,1-3H3,(H,9,12). The Kier molecular flexibility index (Phi) is 3.44. The van der Waals surface area contributed by atoms with Gasteiger partial charge in [-0.25, -0.2) is 10.6 Å². The van der Waals surface area contributed by atoms with Crippen LogP contribution < -0.4 is 11.2 Å². The van der Waals surface area contributed by atoms with Crippen molar-refractivity contribution in [3.8, 4) is 0 Å². The number of carbonyl (C=O) groups excluding carboxylic acids is 1. The highest BCUT2D eigenvalue weighted by atomic mass is 32.2. The van der Waals surface area contributed by atoms with Crippen molar-refractivity contribution in [1.82, 2.24) is 15.4 Å². The largest absolute Gasteiger partial charge is 0.342 e. The summed E-state index contributed by atoms with van der Waals surface area (Å²) in [6.07, 6.45) is -0.671. The Balaban J connectivity index is 2.92. The number of hydroxylamine groups is 2. The molecule has 1 atom stereocenters. The normalized spacial score (nSPS) is 24.2. The number of nitrogens with zero attached hydrogens (tertiary/aromatic N) is 2. The second-order valence-electron chi connectivity index (χ2n) is 3.65. The molecule has 1 fully saturated rings. The van der Waals surface area contributed by atoms with Gasteiger partial charge in [-0.3, -0.25) is 10.2 Å². The van der Waals surface area contributed by atoms with Crippen molar-refractivity contribution in [2.75, 3.05) is 7.05 Å². The number of hydrogen-bond donors (Lipinski definition) is 3. The highest BCUT2D eigenvalue weighted by Gasteiger charge is 2.48. The minimum Gasteiger partial charge on any atom is -0.339 e. The van der Waals surface area contributed by atoms with Crippen LogP contribution in [0.5, 0.6) is 0 Å². The third kappa shape index (κ3) is 2.17. The molecule has 0 aromatic carbocycles. The van der Waals surface area contributed by atoms with E-state index in [4.69, 9.17) is 18.1 Å². The van der Waals surface area contributed by atoms with Crippen LogP contribution in [0.1, 0.15) is 13.8 Å². The second-order valence-corrected chi connectivity index (χ2v) is 5.94. The van der Waals surface area contributed by atoms with Crippen molar-refractivity contribution in [3.05, 3.63) is 0 Å². The average molecular weight is 250 g/mol. The number of thioether (sulfide) groups is 1. The van der Waals surface area contributed by atoms with Gasteiger partial charge < -0.3 is 5.32 Å². The third-order valence-electron chi connectivity index (χ3n) is 2.10. The number of urea groups is 1. The molecule has 1 aliphatic heterocycles. The maximum absolute atomic E-state index is 11.3. The molecule has 0 bridgehead atoms. The number of hydrazine groups is 1. The fourth-order valence-corrected chi connectivity index (χ4v) is 3.12. The van der Waals surface area contributed by atoms with E-state index in [-0.39, 0.29) is 0 Å². The van der Waals surface area contributed by atoms with E-state index in [2.05, 4.69) is 5.32 Å². The molecule has 8 heteroatoms. The molecule has 6 nitrogen and oxygen atoms in total. The summed E-state index contributed by atoms with van der Waals surface area (Å²) in [6.45, 7) is 3.71. The molecule has 1 saturated heterocycles. The van der Waals surface area contributed by atoms with Crippen LogP contribution in [0.2, 0.25) is 0 Å². The molecule has 1 aliphatic rings. The first-order valence-corrected chi connectivity index (χ1v) is 5.50. The fraction of sp³-hybridized carbons (Fsp3) is 0.714. The molecule has 1 rings (SSSR count). The van der Waals surface area contributed by atoms with Crippen molar-refractivity contribution in [1.29, 1.82) is 0 Å². The van der Waals surface area contributed by atoms with Gasteiger partial charge in [0.05, 0.1) is 4.75 Å². The summed E-state index contributed by atoms with van der Waals surface area (Å²) < 4.78 is 0.000512. The van der Waals surface area contributed by atoms with Gasteiger partial charge >= 0.3 is 6.03 Å². The number of nitrogens with two attached hydrogens (primary N) is 1. The van der Waals surface area contributed by atoms with Gasteiger partial charge in [-0.2, -0.15) is 5.06 Å². The van der Waals surface area contributed by atoms with E-state index in [1.807, 2.05) is 13.8 Å². The van der Waals surface area contributed by atoms with Gasteiger partial charge in [0.2, 0.25) is 0 Å². The maximum atomic E-state index is 11.3. The van der Waals surface area contributed by atoms with E-state index in [1.54, 1.807) is 0 Å². The molecule has 2 amide bonds. The molecule has 1 heterocycles. The predicted molar refractivity (Wildman–Crippen MR) is 62.2 cm³/mol. The Hall–Kier alpha value is -0.570. The van der Waals surface area contributed by atoms with E-state index >= 15 is 0 Å². The van der Waals surface area contributed by atoms with Gasteiger partial charge in [-0.15, -0.1) is 0 Å². The Morgan fingerprint density at radius 3 is 2.67 bits per heavy atom. The van der Waals surface area contributed by atoms with Crippen LogP contribution >= 0.6 is 24.0 Å². The van der Waals surface area contributed by atoms with Crippen LogP contribution in [-0.4, -0.2) is 43.6 Å². The van der Waals surface area contributed by atoms with E-state index in [0.29, 0.717) is 9.38 Å². The number of hydrogen-bond acceptors (Lipinski definition) is 5. The number of nitrogens with one attached hydrogen (secondary N) is 1. The van der Waals surface area contributed by atoms with Crippen molar-refractivity contribution < 1.29 is 10.0 Å². The van der Waals surface area contributed by atoms with E-state index < -0.39 is 16.9 Å². The molecular formula is C7H14N4O2S2. The monoisotopic (exact) mass is 250 g/mol. The van der Waals surface area contributed by atoms with Crippen molar-refractivity contribution in [2.24, 2.45) is 5.84 Å². The molecule has 15 heavy (non-hydrogen) atoms. The van der Waals surface area contributed by atoms with Gasteiger partial charge in [0.25, 0.3) is 0 Å². The smallest absolute Gasteiger partial charge is 0.339 e. The van der Waals surface area contributed by atoms with Crippen LogP contribution in [-0.2, 0) is 0 Å². The first-order valence-electron chi connectivity index (χ1n) is 4.28. The number of amides is 2. The Labute approximate surface area is 97.7 Å². The quantitative estimate of drug-likeness (QED) is 0.269. The average Bonchev–Trinajstić information content (AvgIpc) is 2.34. The minimum absolute atomic E-state index is 0.451. The second kappa shape index (κ2) is 4.12. The first-order chi connectivity index (χ1) is 6.81. The highest BCUT2D eigenvalue weighted by Crippen LogP contribution is 2.40. The Bertz CT molecular complexity index is 297. The van der Waals surface area contributed by atoms with Crippen LogP contribution in [0.3, 0.4) is 0 Å². The lowest BCUT2D eigenvalue weighted by atomic mass is 10.1. The molecule has 0 aromatic rings. The summed E-state index contributed by atoms with van der Waals surface area (Å²) in [7, 11) is 1.43. The van der Waals surface area contributed by atoms with Gasteiger partial charge in [0.15, 0.2) is 10.5 Å². The topological polar surface area (TPSA) is 81.8 Å². The zero-order valence-electron chi connectivity index (χ0n) is 8.72.